The molecule has 7 nitrogen and oxygen atoms in total. The van der Waals surface area contributed by atoms with Crippen LogP contribution in [0.3, 0.4) is 0 Å². The minimum absolute atomic E-state index is 0.137. The number of hydrogen-bond acceptors (Lipinski definition) is 4. The van der Waals surface area contributed by atoms with E-state index in [1.807, 2.05) is 20.8 Å². The second kappa shape index (κ2) is 12.1. The lowest BCUT2D eigenvalue weighted by Crippen LogP contribution is -2.50. The molecule has 28 heavy (non-hydrogen) atoms. The van der Waals surface area contributed by atoms with Crippen LogP contribution in [-0.2, 0) is 14.4 Å². The largest absolute Gasteiger partial charge is 0.344 e. The summed E-state index contributed by atoms with van der Waals surface area (Å²) in [5, 5.41) is 15.4. The lowest BCUT2D eigenvalue weighted by molar-refractivity contribution is -0.155. The summed E-state index contributed by atoms with van der Waals surface area (Å²) in [6.45, 7) is 5.59. The Morgan fingerprint density at radius 2 is 1.86 bits per heavy atom. The second-order valence-electron chi connectivity index (χ2n) is 6.93. The van der Waals surface area contributed by atoms with Gasteiger partial charge in [-0.3, -0.25) is 19.6 Å². The summed E-state index contributed by atoms with van der Waals surface area (Å²) >= 11 is 0. The van der Waals surface area contributed by atoms with Crippen LogP contribution < -0.4 is 10.6 Å². The van der Waals surface area contributed by atoms with Crippen molar-refractivity contribution in [2.45, 2.75) is 52.5 Å². The Balaban J connectivity index is 2.88. The number of unbranched alkanes of at least 4 members (excludes halogenated alkanes) is 1. The van der Waals surface area contributed by atoms with Crippen LogP contribution in [0.15, 0.2) is 24.3 Å². The van der Waals surface area contributed by atoms with Gasteiger partial charge in [-0.25, -0.2) is 9.45 Å². The molecule has 0 radical (unpaired) electrons. The molecule has 0 spiro atoms. The van der Waals surface area contributed by atoms with Gasteiger partial charge in [0.25, 0.3) is 0 Å². The number of hydroxylamine groups is 2. The highest BCUT2D eigenvalue weighted by atomic mass is 19.1. The molecule has 0 saturated heterocycles. The van der Waals surface area contributed by atoms with Crippen LogP contribution in [0.25, 0.3) is 0 Å². The van der Waals surface area contributed by atoms with Crippen LogP contribution in [0.4, 0.5) is 10.1 Å². The molecule has 1 rings (SSSR count). The lowest BCUT2D eigenvalue weighted by Gasteiger charge is -2.27. The Morgan fingerprint density at radius 1 is 1.21 bits per heavy atom. The van der Waals surface area contributed by atoms with E-state index in [1.54, 1.807) is 0 Å². The number of carbonyl (C=O) groups excluding carboxylic acids is 3. The highest BCUT2D eigenvalue weighted by Crippen LogP contribution is 2.16. The molecule has 3 N–H and O–H groups in total. The topological polar surface area (TPSA) is 98.7 Å². The van der Waals surface area contributed by atoms with Gasteiger partial charge in [0.1, 0.15) is 11.9 Å². The van der Waals surface area contributed by atoms with Crippen LogP contribution in [0.5, 0.6) is 0 Å². The molecular formula is C20H30FN3O4. The van der Waals surface area contributed by atoms with Crippen molar-refractivity contribution >= 4 is 23.9 Å². The average Bonchev–Trinajstić information content (AvgIpc) is 2.69. The summed E-state index contributed by atoms with van der Waals surface area (Å²) in [6, 6.07) is 4.57. The monoisotopic (exact) mass is 395 g/mol. The molecular weight excluding hydrogens is 365 g/mol. The first kappa shape index (κ1) is 23.6. The van der Waals surface area contributed by atoms with Crippen molar-refractivity contribution in [1.82, 2.24) is 10.4 Å². The summed E-state index contributed by atoms with van der Waals surface area (Å²) in [5.74, 6) is -1.98. The Bertz CT molecular complexity index is 639. The maximum Gasteiger partial charge on any atom is 0.247 e. The number of hydrogen-bond donors (Lipinski definition) is 3. The molecule has 0 saturated carbocycles. The molecule has 0 bridgehead atoms. The minimum atomic E-state index is -0.796. The molecule has 0 heterocycles. The smallest absolute Gasteiger partial charge is 0.247 e. The van der Waals surface area contributed by atoms with Gasteiger partial charge >= 0.3 is 0 Å². The van der Waals surface area contributed by atoms with Crippen LogP contribution in [0.1, 0.15) is 46.5 Å². The Morgan fingerprint density at radius 3 is 2.39 bits per heavy atom. The molecule has 0 aromatic heterocycles. The number of amides is 3. The van der Waals surface area contributed by atoms with E-state index in [1.165, 1.54) is 24.3 Å². The van der Waals surface area contributed by atoms with Gasteiger partial charge in [0.2, 0.25) is 18.2 Å². The summed E-state index contributed by atoms with van der Waals surface area (Å²) in [4.78, 5) is 36.2. The molecule has 0 aliphatic carbocycles. The van der Waals surface area contributed by atoms with Crippen LogP contribution in [-0.4, -0.2) is 41.1 Å². The highest BCUT2D eigenvalue weighted by Gasteiger charge is 2.29. The van der Waals surface area contributed by atoms with Crippen molar-refractivity contribution in [2.75, 3.05) is 11.9 Å². The number of rotatable bonds is 12. The van der Waals surface area contributed by atoms with E-state index in [0.717, 1.165) is 12.8 Å². The standard InChI is InChI=1S/C20H30FN3O4/c1-4-6-7-15(12-24(28)13-25)19(26)23-18(14(3)5-2)20(27)22-17-10-8-16(21)9-11-17/h8-11,13-15,18,28H,4-7,12H2,1-3H3,(H,22,27)(H,23,26)/t14?,15-,18+/m1/s1. The molecule has 8 heteroatoms. The first-order chi connectivity index (χ1) is 13.3. The molecule has 1 aromatic rings. The van der Waals surface area contributed by atoms with Gasteiger partial charge in [-0.1, -0.05) is 40.0 Å². The SMILES string of the molecule is CCCC[C@H](CN(O)C=O)C(=O)N[C@H](C(=O)Nc1ccc(F)cc1)C(C)CC. The quantitative estimate of drug-likeness (QED) is 0.288. The number of anilines is 1. The zero-order chi connectivity index (χ0) is 21.1. The van der Waals surface area contributed by atoms with E-state index in [9.17, 15) is 24.0 Å². The fraction of sp³-hybridized carbons (Fsp3) is 0.550. The van der Waals surface area contributed by atoms with E-state index < -0.39 is 29.6 Å². The van der Waals surface area contributed by atoms with Gasteiger partial charge in [-0.05, 0) is 36.6 Å². The lowest BCUT2D eigenvalue weighted by atomic mass is 9.95. The Kier molecular flexibility index (Phi) is 10.2. The third kappa shape index (κ3) is 7.64. The first-order valence-electron chi connectivity index (χ1n) is 9.59. The zero-order valence-electron chi connectivity index (χ0n) is 16.7. The van der Waals surface area contributed by atoms with E-state index in [0.29, 0.717) is 23.6 Å². The van der Waals surface area contributed by atoms with Crippen LogP contribution in [0.2, 0.25) is 0 Å². The first-order valence-corrected chi connectivity index (χ1v) is 9.59. The fourth-order valence-electron chi connectivity index (χ4n) is 2.75. The molecule has 1 aromatic carbocycles. The summed E-state index contributed by atoms with van der Waals surface area (Å²) in [5.41, 5.74) is 0.430. The average molecular weight is 395 g/mol. The van der Waals surface area contributed by atoms with Gasteiger partial charge < -0.3 is 10.6 Å². The molecule has 156 valence electrons. The summed E-state index contributed by atoms with van der Waals surface area (Å²) in [6.07, 6.45) is 3.00. The van der Waals surface area contributed by atoms with Crippen LogP contribution in [0, 0.1) is 17.7 Å². The Labute approximate surface area is 165 Å². The third-order valence-corrected chi connectivity index (χ3v) is 4.71. The number of nitrogens with zero attached hydrogens (tertiary/aromatic N) is 1. The van der Waals surface area contributed by atoms with Gasteiger partial charge in [0.05, 0.1) is 12.5 Å². The van der Waals surface area contributed by atoms with Crippen molar-refractivity contribution in [2.24, 2.45) is 11.8 Å². The van der Waals surface area contributed by atoms with E-state index in [-0.39, 0.29) is 18.9 Å². The maximum atomic E-state index is 13.0. The third-order valence-electron chi connectivity index (χ3n) is 4.71. The number of halogens is 1. The number of nitrogens with one attached hydrogen (secondary N) is 2. The van der Waals surface area contributed by atoms with Crippen LogP contribution >= 0.6 is 0 Å². The van der Waals surface area contributed by atoms with E-state index >= 15 is 0 Å². The van der Waals surface area contributed by atoms with Gasteiger partial charge in [-0.15, -0.1) is 0 Å². The van der Waals surface area contributed by atoms with Crippen molar-refractivity contribution in [3.8, 4) is 0 Å². The van der Waals surface area contributed by atoms with Gasteiger partial charge in [-0.2, -0.15) is 0 Å². The predicted octanol–water partition coefficient (Wildman–Crippen LogP) is 2.95. The van der Waals surface area contributed by atoms with Crippen molar-refractivity contribution < 1.29 is 24.0 Å². The highest BCUT2D eigenvalue weighted by molar-refractivity contribution is 5.97. The molecule has 1 unspecified atom stereocenters. The normalized spacial score (nSPS) is 13.9. The van der Waals surface area contributed by atoms with E-state index in [2.05, 4.69) is 10.6 Å². The summed E-state index contributed by atoms with van der Waals surface area (Å²) in [7, 11) is 0. The molecule has 3 amide bonds. The van der Waals surface area contributed by atoms with Crippen molar-refractivity contribution in [1.29, 1.82) is 0 Å². The maximum absolute atomic E-state index is 13.0. The molecule has 0 fully saturated rings. The predicted molar refractivity (Wildman–Crippen MR) is 104 cm³/mol. The van der Waals surface area contributed by atoms with Gasteiger partial charge in [0.15, 0.2) is 0 Å². The minimum Gasteiger partial charge on any atom is -0.344 e. The molecule has 0 aliphatic rings. The molecule has 3 atom stereocenters. The summed E-state index contributed by atoms with van der Waals surface area (Å²) < 4.78 is 13.0. The second-order valence-corrected chi connectivity index (χ2v) is 6.93. The Hall–Kier alpha value is -2.48. The number of benzene rings is 1. The molecule has 0 aliphatic heterocycles. The van der Waals surface area contributed by atoms with Crippen molar-refractivity contribution in [3.05, 3.63) is 30.1 Å². The number of carbonyl (C=O) groups is 3. The zero-order valence-corrected chi connectivity index (χ0v) is 16.7. The van der Waals surface area contributed by atoms with Crippen molar-refractivity contribution in [3.63, 3.8) is 0 Å². The fourth-order valence-corrected chi connectivity index (χ4v) is 2.75. The van der Waals surface area contributed by atoms with E-state index in [4.69, 9.17) is 0 Å². The van der Waals surface area contributed by atoms with Gasteiger partial charge in [0, 0.05) is 5.69 Å².